The molecule has 0 radical (unpaired) electrons. The number of rotatable bonds is 5. The SMILES string of the molecule is C/C(=N\NC(=O)COc1ccc(Br)cc1)c1ccc(O)cc1O. The van der Waals surface area contributed by atoms with Crippen LogP contribution in [0.15, 0.2) is 52.0 Å². The van der Waals surface area contributed by atoms with E-state index in [1.807, 2.05) is 12.1 Å². The van der Waals surface area contributed by atoms with Gasteiger partial charge in [0.2, 0.25) is 0 Å². The smallest absolute Gasteiger partial charge is 0.277 e. The normalized spacial score (nSPS) is 11.1. The summed E-state index contributed by atoms with van der Waals surface area (Å²) in [5, 5.41) is 22.9. The van der Waals surface area contributed by atoms with E-state index < -0.39 is 5.91 Å². The average molecular weight is 379 g/mol. The molecular weight excluding hydrogens is 364 g/mol. The lowest BCUT2D eigenvalue weighted by Gasteiger charge is -2.07. The number of phenols is 2. The lowest BCUT2D eigenvalue weighted by Crippen LogP contribution is -2.25. The molecule has 0 saturated carbocycles. The van der Waals surface area contributed by atoms with Gasteiger partial charge in [-0.2, -0.15) is 5.10 Å². The predicted octanol–water partition coefficient (Wildman–Crippen LogP) is 2.78. The van der Waals surface area contributed by atoms with Crippen molar-refractivity contribution >= 4 is 27.5 Å². The van der Waals surface area contributed by atoms with Gasteiger partial charge < -0.3 is 14.9 Å². The van der Waals surface area contributed by atoms with Crippen molar-refractivity contribution in [3.8, 4) is 17.2 Å². The van der Waals surface area contributed by atoms with Gasteiger partial charge in [0.15, 0.2) is 6.61 Å². The molecule has 0 unspecified atom stereocenters. The van der Waals surface area contributed by atoms with E-state index in [9.17, 15) is 15.0 Å². The van der Waals surface area contributed by atoms with E-state index in [0.717, 1.165) is 4.47 Å². The zero-order valence-electron chi connectivity index (χ0n) is 12.3. The van der Waals surface area contributed by atoms with Crippen LogP contribution in [0.2, 0.25) is 0 Å². The van der Waals surface area contributed by atoms with E-state index in [2.05, 4.69) is 26.5 Å². The number of hydrazone groups is 1. The molecule has 1 amide bonds. The van der Waals surface area contributed by atoms with Crippen molar-refractivity contribution in [2.24, 2.45) is 5.10 Å². The van der Waals surface area contributed by atoms with Crippen LogP contribution in [0.25, 0.3) is 0 Å². The number of hydrogen-bond acceptors (Lipinski definition) is 5. The molecule has 0 saturated heterocycles. The first-order valence-electron chi connectivity index (χ1n) is 6.69. The molecule has 2 aromatic carbocycles. The van der Waals surface area contributed by atoms with Gasteiger partial charge in [0.1, 0.15) is 17.2 Å². The topological polar surface area (TPSA) is 91.2 Å². The van der Waals surface area contributed by atoms with Crippen LogP contribution in [0.1, 0.15) is 12.5 Å². The maximum absolute atomic E-state index is 11.7. The fraction of sp³-hybridized carbons (Fsp3) is 0.125. The van der Waals surface area contributed by atoms with E-state index in [-0.39, 0.29) is 18.1 Å². The van der Waals surface area contributed by atoms with Crippen molar-refractivity contribution < 1.29 is 19.7 Å². The number of ether oxygens (including phenoxy) is 1. The number of hydrogen-bond donors (Lipinski definition) is 3. The van der Waals surface area contributed by atoms with Crippen LogP contribution in [0.3, 0.4) is 0 Å². The summed E-state index contributed by atoms with van der Waals surface area (Å²) in [5.74, 6) is -0.0247. The molecule has 0 spiro atoms. The zero-order valence-corrected chi connectivity index (χ0v) is 13.9. The molecule has 0 aliphatic rings. The second-order valence-electron chi connectivity index (χ2n) is 4.68. The monoisotopic (exact) mass is 378 g/mol. The second-order valence-corrected chi connectivity index (χ2v) is 5.59. The summed E-state index contributed by atoms with van der Waals surface area (Å²) in [6, 6.07) is 11.2. The first-order chi connectivity index (χ1) is 11.0. The van der Waals surface area contributed by atoms with Gasteiger partial charge in [-0.25, -0.2) is 5.43 Å². The van der Waals surface area contributed by atoms with Gasteiger partial charge in [-0.05, 0) is 43.3 Å². The highest BCUT2D eigenvalue weighted by atomic mass is 79.9. The Kier molecular flexibility index (Phi) is 5.59. The van der Waals surface area contributed by atoms with Gasteiger partial charge in [-0.15, -0.1) is 0 Å². The van der Waals surface area contributed by atoms with Crippen LogP contribution in [0.4, 0.5) is 0 Å². The molecule has 7 heteroatoms. The lowest BCUT2D eigenvalue weighted by molar-refractivity contribution is -0.123. The molecule has 23 heavy (non-hydrogen) atoms. The van der Waals surface area contributed by atoms with Gasteiger partial charge in [0.05, 0.1) is 5.71 Å². The molecule has 0 fully saturated rings. The highest BCUT2D eigenvalue weighted by Crippen LogP contribution is 2.23. The number of benzene rings is 2. The third-order valence-electron chi connectivity index (χ3n) is 2.90. The Bertz CT molecular complexity index is 729. The molecule has 0 atom stereocenters. The molecule has 6 nitrogen and oxygen atoms in total. The first kappa shape index (κ1) is 16.8. The Morgan fingerprint density at radius 1 is 1.22 bits per heavy atom. The first-order valence-corrected chi connectivity index (χ1v) is 7.49. The van der Waals surface area contributed by atoms with Crippen LogP contribution >= 0.6 is 15.9 Å². The van der Waals surface area contributed by atoms with Crippen LogP contribution in [-0.4, -0.2) is 28.4 Å². The maximum Gasteiger partial charge on any atom is 0.277 e. The number of amides is 1. The minimum Gasteiger partial charge on any atom is -0.508 e. The van der Waals surface area contributed by atoms with E-state index in [1.54, 1.807) is 19.1 Å². The van der Waals surface area contributed by atoms with Gasteiger partial charge in [0.25, 0.3) is 5.91 Å². The molecule has 0 heterocycles. The third kappa shape index (κ3) is 5.00. The number of phenolic OH excluding ortho intramolecular Hbond substituents is 2. The quantitative estimate of drug-likeness (QED) is 0.550. The largest absolute Gasteiger partial charge is 0.508 e. The van der Waals surface area contributed by atoms with Crippen molar-refractivity contribution in [3.05, 3.63) is 52.5 Å². The Morgan fingerprint density at radius 2 is 1.91 bits per heavy atom. The highest BCUT2D eigenvalue weighted by molar-refractivity contribution is 9.10. The summed E-state index contributed by atoms with van der Waals surface area (Å²) in [6.45, 7) is 1.45. The standard InChI is InChI=1S/C16H15BrN2O4/c1-10(14-7-4-12(20)8-15(14)21)18-19-16(22)9-23-13-5-2-11(17)3-6-13/h2-8,20-21H,9H2,1H3,(H,19,22)/b18-10+. The Balaban J connectivity index is 1.90. The number of nitrogens with zero attached hydrogens (tertiary/aromatic N) is 1. The van der Waals surface area contributed by atoms with Crippen molar-refractivity contribution in [1.29, 1.82) is 0 Å². The fourth-order valence-electron chi connectivity index (χ4n) is 1.74. The maximum atomic E-state index is 11.7. The van der Waals surface area contributed by atoms with Gasteiger partial charge in [0, 0.05) is 16.1 Å². The number of nitrogens with one attached hydrogen (secondary N) is 1. The lowest BCUT2D eigenvalue weighted by atomic mass is 10.1. The van der Waals surface area contributed by atoms with Crippen molar-refractivity contribution in [3.63, 3.8) is 0 Å². The average Bonchev–Trinajstić information content (AvgIpc) is 2.52. The number of carbonyl (C=O) groups is 1. The van der Waals surface area contributed by atoms with E-state index >= 15 is 0 Å². The summed E-state index contributed by atoms with van der Waals surface area (Å²) in [4.78, 5) is 11.7. The van der Waals surface area contributed by atoms with E-state index in [4.69, 9.17) is 4.74 Å². The molecule has 0 aliphatic heterocycles. The van der Waals surface area contributed by atoms with Crippen molar-refractivity contribution in [2.75, 3.05) is 6.61 Å². The minimum absolute atomic E-state index is 0.0500. The van der Waals surface area contributed by atoms with Gasteiger partial charge in [-0.3, -0.25) is 4.79 Å². The zero-order chi connectivity index (χ0) is 16.8. The Morgan fingerprint density at radius 3 is 2.57 bits per heavy atom. The second kappa shape index (κ2) is 7.64. The minimum atomic E-state index is -0.425. The van der Waals surface area contributed by atoms with Crippen LogP contribution in [0, 0.1) is 0 Å². The fourth-order valence-corrected chi connectivity index (χ4v) is 2.01. The van der Waals surface area contributed by atoms with Crippen LogP contribution in [0.5, 0.6) is 17.2 Å². The van der Waals surface area contributed by atoms with E-state index in [1.165, 1.54) is 18.2 Å². The number of halogens is 1. The summed E-state index contributed by atoms with van der Waals surface area (Å²) >= 11 is 3.31. The molecule has 120 valence electrons. The van der Waals surface area contributed by atoms with Crippen LogP contribution in [-0.2, 0) is 4.79 Å². The van der Waals surface area contributed by atoms with Crippen molar-refractivity contribution in [2.45, 2.75) is 6.92 Å². The Labute approximate surface area is 141 Å². The third-order valence-corrected chi connectivity index (χ3v) is 3.43. The summed E-state index contributed by atoms with van der Waals surface area (Å²) in [7, 11) is 0. The van der Waals surface area contributed by atoms with Crippen LogP contribution < -0.4 is 10.2 Å². The molecular formula is C16H15BrN2O4. The molecule has 3 N–H and O–H groups in total. The van der Waals surface area contributed by atoms with Gasteiger partial charge in [-0.1, -0.05) is 15.9 Å². The highest BCUT2D eigenvalue weighted by Gasteiger charge is 2.07. The van der Waals surface area contributed by atoms with Crippen molar-refractivity contribution in [1.82, 2.24) is 5.43 Å². The molecule has 0 bridgehead atoms. The molecule has 2 rings (SSSR count). The molecule has 0 aromatic heterocycles. The molecule has 0 aliphatic carbocycles. The van der Waals surface area contributed by atoms with E-state index in [0.29, 0.717) is 17.0 Å². The summed E-state index contributed by atoms with van der Waals surface area (Å²) in [5.41, 5.74) is 3.16. The summed E-state index contributed by atoms with van der Waals surface area (Å²) in [6.07, 6.45) is 0. The number of aromatic hydroxyl groups is 2. The molecule has 2 aromatic rings. The van der Waals surface area contributed by atoms with Gasteiger partial charge >= 0.3 is 0 Å². The number of carbonyl (C=O) groups excluding carboxylic acids is 1. The summed E-state index contributed by atoms with van der Waals surface area (Å²) < 4.78 is 6.24. The Hall–Kier alpha value is -2.54. The predicted molar refractivity (Wildman–Crippen MR) is 89.8 cm³/mol.